The summed E-state index contributed by atoms with van der Waals surface area (Å²) in [6, 6.07) is 0. The van der Waals surface area contributed by atoms with E-state index in [0.29, 0.717) is 5.57 Å². The Morgan fingerprint density at radius 2 is 2.25 bits per heavy atom. The second-order valence-electron chi connectivity index (χ2n) is 2.78. The molecule has 1 rings (SSSR count). The summed E-state index contributed by atoms with van der Waals surface area (Å²) in [5.74, 6) is -0.301. The second-order valence-corrected chi connectivity index (χ2v) is 3.26. The molecule has 66 valence electrons. The second kappa shape index (κ2) is 3.76. The van der Waals surface area contributed by atoms with Crippen molar-refractivity contribution in [2.45, 2.75) is 19.8 Å². The van der Waals surface area contributed by atoms with Crippen LogP contribution in [0.3, 0.4) is 0 Å². The molecule has 12 heavy (non-hydrogen) atoms. The molecule has 3 heteroatoms. The highest BCUT2D eigenvalue weighted by molar-refractivity contribution is 6.30. The molecule has 0 aromatic heterocycles. The van der Waals surface area contributed by atoms with Gasteiger partial charge in [-0.2, -0.15) is 0 Å². The Kier molecular flexibility index (Phi) is 2.93. The number of esters is 1. The molecular formula is C9H11ClO2. The van der Waals surface area contributed by atoms with Gasteiger partial charge in [-0.1, -0.05) is 17.2 Å². The molecule has 1 aliphatic carbocycles. The molecule has 0 saturated carbocycles. The van der Waals surface area contributed by atoms with Crippen LogP contribution in [0.25, 0.3) is 0 Å². The summed E-state index contributed by atoms with van der Waals surface area (Å²) >= 11 is 5.80. The maximum absolute atomic E-state index is 11.1. The predicted octanol–water partition coefficient (Wildman–Crippen LogP) is 2.39. The first kappa shape index (κ1) is 9.33. The summed E-state index contributed by atoms with van der Waals surface area (Å²) in [5, 5.41) is 0.723. The van der Waals surface area contributed by atoms with Gasteiger partial charge in [0, 0.05) is 5.03 Å². The van der Waals surface area contributed by atoms with Crippen molar-refractivity contribution in [3.63, 3.8) is 0 Å². The van der Waals surface area contributed by atoms with E-state index in [4.69, 9.17) is 11.6 Å². The van der Waals surface area contributed by atoms with Crippen LogP contribution in [0.5, 0.6) is 0 Å². The lowest BCUT2D eigenvalue weighted by Gasteiger charge is -2.12. The lowest BCUT2D eigenvalue weighted by atomic mass is 9.99. The molecule has 0 aromatic rings. The Labute approximate surface area is 76.9 Å². The summed E-state index contributed by atoms with van der Waals surface area (Å²) in [7, 11) is 1.37. The van der Waals surface area contributed by atoms with Crippen LogP contribution in [0.1, 0.15) is 19.8 Å². The fourth-order valence-corrected chi connectivity index (χ4v) is 1.34. The molecule has 0 amide bonds. The van der Waals surface area contributed by atoms with Crippen LogP contribution in [0.15, 0.2) is 22.3 Å². The van der Waals surface area contributed by atoms with Crippen molar-refractivity contribution in [3.05, 3.63) is 22.3 Å². The van der Waals surface area contributed by atoms with Gasteiger partial charge in [0.2, 0.25) is 0 Å². The molecule has 0 aromatic carbocycles. The molecule has 0 aliphatic heterocycles. The van der Waals surface area contributed by atoms with E-state index >= 15 is 0 Å². The lowest BCUT2D eigenvalue weighted by Crippen LogP contribution is -2.08. The van der Waals surface area contributed by atoms with Gasteiger partial charge in [-0.3, -0.25) is 0 Å². The number of ether oxygens (including phenoxy) is 1. The van der Waals surface area contributed by atoms with Crippen molar-refractivity contribution in [1.82, 2.24) is 0 Å². The Bertz CT molecular complexity index is 264. The third kappa shape index (κ3) is 1.89. The summed E-state index contributed by atoms with van der Waals surface area (Å²) in [5.41, 5.74) is 1.65. The van der Waals surface area contributed by atoms with Crippen molar-refractivity contribution >= 4 is 17.6 Å². The molecule has 0 fully saturated rings. The van der Waals surface area contributed by atoms with Crippen molar-refractivity contribution in [3.8, 4) is 0 Å². The van der Waals surface area contributed by atoms with E-state index in [-0.39, 0.29) is 5.97 Å². The van der Waals surface area contributed by atoms with Gasteiger partial charge >= 0.3 is 5.97 Å². The Hall–Kier alpha value is -0.760. The van der Waals surface area contributed by atoms with Crippen molar-refractivity contribution in [2.75, 3.05) is 7.11 Å². The smallest absolute Gasteiger partial charge is 0.337 e. The van der Waals surface area contributed by atoms with Crippen molar-refractivity contribution in [2.24, 2.45) is 0 Å². The normalized spacial score (nSPS) is 17.4. The van der Waals surface area contributed by atoms with Gasteiger partial charge < -0.3 is 4.74 Å². The minimum absolute atomic E-state index is 0.301. The zero-order valence-electron chi connectivity index (χ0n) is 7.19. The highest BCUT2D eigenvalue weighted by atomic mass is 35.5. The predicted molar refractivity (Wildman–Crippen MR) is 47.9 cm³/mol. The third-order valence-corrected chi connectivity index (χ3v) is 2.20. The highest BCUT2D eigenvalue weighted by Gasteiger charge is 2.15. The first-order valence-electron chi connectivity index (χ1n) is 3.79. The number of rotatable bonds is 1. The van der Waals surface area contributed by atoms with E-state index in [1.807, 2.05) is 6.92 Å². The zero-order valence-corrected chi connectivity index (χ0v) is 7.94. The average Bonchev–Trinajstić information content (AvgIpc) is 2.08. The molecule has 0 bridgehead atoms. The number of allylic oxidation sites excluding steroid dienone is 2. The molecule has 0 spiro atoms. The minimum atomic E-state index is -0.301. The summed E-state index contributed by atoms with van der Waals surface area (Å²) in [4.78, 5) is 11.1. The Balaban J connectivity index is 2.93. The highest BCUT2D eigenvalue weighted by Crippen LogP contribution is 2.26. The van der Waals surface area contributed by atoms with E-state index in [1.54, 1.807) is 6.08 Å². The van der Waals surface area contributed by atoms with E-state index in [1.165, 1.54) is 7.11 Å². The number of carbonyl (C=O) groups is 1. The van der Waals surface area contributed by atoms with Crippen LogP contribution in [0.2, 0.25) is 0 Å². The number of hydrogen-bond donors (Lipinski definition) is 0. The first-order chi connectivity index (χ1) is 5.65. The first-order valence-corrected chi connectivity index (χ1v) is 4.17. The van der Waals surface area contributed by atoms with Crippen LogP contribution in [-0.2, 0) is 9.53 Å². The van der Waals surface area contributed by atoms with E-state index < -0.39 is 0 Å². The molecule has 0 heterocycles. The van der Waals surface area contributed by atoms with Crippen LogP contribution < -0.4 is 0 Å². The quantitative estimate of drug-likeness (QED) is 0.588. The molecule has 0 N–H and O–H groups in total. The van der Waals surface area contributed by atoms with E-state index in [0.717, 1.165) is 23.4 Å². The van der Waals surface area contributed by atoms with E-state index in [9.17, 15) is 4.79 Å². The largest absolute Gasteiger partial charge is 0.465 e. The van der Waals surface area contributed by atoms with Crippen molar-refractivity contribution in [1.29, 1.82) is 0 Å². The van der Waals surface area contributed by atoms with Gasteiger partial charge in [-0.15, -0.1) is 0 Å². The standard InChI is InChI=1S/C9H11ClO2/c1-6-3-4-7(10)5-8(6)9(11)12-2/h5H,3-4H2,1-2H3. The fraction of sp³-hybridized carbons (Fsp3) is 0.444. The molecule has 0 radical (unpaired) electrons. The zero-order chi connectivity index (χ0) is 9.14. The summed E-state index contributed by atoms with van der Waals surface area (Å²) in [6.45, 7) is 1.92. The summed E-state index contributed by atoms with van der Waals surface area (Å²) in [6.07, 6.45) is 3.36. The van der Waals surface area contributed by atoms with Gasteiger partial charge in [-0.05, 0) is 25.8 Å². The van der Waals surface area contributed by atoms with Gasteiger partial charge in [0.25, 0.3) is 0 Å². The maximum Gasteiger partial charge on any atom is 0.337 e. The van der Waals surface area contributed by atoms with Gasteiger partial charge in [0.05, 0.1) is 12.7 Å². The van der Waals surface area contributed by atoms with Gasteiger partial charge in [0.15, 0.2) is 0 Å². The Morgan fingerprint density at radius 3 is 2.83 bits per heavy atom. The summed E-state index contributed by atoms with van der Waals surface area (Å²) < 4.78 is 4.61. The molecule has 1 aliphatic rings. The molecule has 0 saturated heterocycles. The Morgan fingerprint density at radius 1 is 1.58 bits per heavy atom. The average molecular weight is 187 g/mol. The van der Waals surface area contributed by atoms with E-state index in [2.05, 4.69) is 4.74 Å². The number of methoxy groups -OCH3 is 1. The van der Waals surface area contributed by atoms with Gasteiger partial charge in [0.1, 0.15) is 0 Å². The molecular weight excluding hydrogens is 176 g/mol. The van der Waals surface area contributed by atoms with Gasteiger partial charge in [-0.25, -0.2) is 4.79 Å². The van der Waals surface area contributed by atoms with Crippen LogP contribution in [-0.4, -0.2) is 13.1 Å². The van der Waals surface area contributed by atoms with Crippen LogP contribution >= 0.6 is 11.6 Å². The fourth-order valence-electron chi connectivity index (χ4n) is 1.14. The minimum Gasteiger partial charge on any atom is -0.465 e. The van der Waals surface area contributed by atoms with Crippen LogP contribution in [0, 0.1) is 0 Å². The lowest BCUT2D eigenvalue weighted by molar-refractivity contribution is -0.135. The number of hydrogen-bond acceptors (Lipinski definition) is 2. The number of halogens is 1. The molecule has 0 atom stereocenters. The van der Waals surface area contributed by atoms with Crippen molar-refractivity contribution < 1.29 is 9.53 Å². The topological polar surface area (TPSA) is 26.3 Å². The molecule has 2 nitrogen and oxygen atoms in total. The molecule has 0 unspecified atom stereocenters. The van der Waals surface area contributed by atoms with Crippen LogP contribution in [0.4, 0.5) is 0 Å². The monoisotopic (exact) mass is 186 g/mol. The maximum atomic E-state index is 11.1. The number of carbonyl (C=O) groups excluding carboxylic acids is 1. The SMILES string of the molecule is COC(=O)C1=C(C)CCC(Cl)=C1. The third-order valence-electron chi connectivity index (χ3n) is 1.90.